The van der Waals surface area contributed by atoms with Crippen molar-refractivity contribution in [2.24, 2.45) is 0 Å². The van der Waals surface area contributed by atoms with E-state index in [1.165, 1.54) is 29.8 Å². The molecule has 304 valence electrons. The summed E-state index contributed by atoms with van der Waals surface area (Å²) in [5.74, 6) is 0.687. The fraction of sp³-hybridized carbons (Fsp3) is 0.812. The summed E-state index contributed by atoms with van der Waals surface area (Å²) in [7, 11) is 5.06. The molecule has 1 rings (SSSR count). The maximum Gasteiger partial charge on any atom is 0.317 e. The van der Waals surface area contributed by atoms with Gasteiger partial charge in [-0.15, -0.1) is 6.42 Å². The number of hydrogen-bond donors (Lipinski definition) is 4. The van der Waals surface area contributed by atoms with E-state index in [1.807, 2.05) is 21.6 Å². The van der Waals surface area contributed by atoms with Crippen molar-refractivity contribution in [2.75, 3.05) is 88.5 Å². The van der Waals surface area contributed by atoms with Crippen molar-refractivity contribution in [2.45, 2.75) is 77.1 Å². The SMILES string of the molecule is C[Si](C)(C)CCCSSCCNC(=O)CN(CCCN1CC(=O)O[C-]1CCN(CC(=O)O)CC(=O)NCCSSCCC[Si](C)(C)C)CC(=O)O.[Gd]. The number of carboxylic acids is 2. The van der Waals surface area contributed by atoms with Crippen LogP contribution in [-0.2, 0) is 28.7 Å². The average molecular weight is 987 g/mol. The number of amides is 2. The van der Waals surface area contributed by atoms with E-state index in [4.69, 9.17) is 4.74 Å². The van der Waals surface area contributed by atoms with E-state index in [2.05, 4.69) is 49.9 Å². The molecule has 2 amide bonds. The van der Waals surface area contributed by atoms with Crippen LogP contribution >= 0.6 is 43.2 Å². The molecule has 0 bridgehead atoms. The number of aliphatic carboxylic acids is 2. The van der Waals surface area contributed by atoms with E-state index >= 15 is 0 Å². The molecule has 13 nitrogen and oxygen atoms in total. The molecule has 0 saturated carbocycles. The van der Waals surface area contributed by atoms with Crippen LogP contribution in [-0.4, -0.2) is 159 Å². The molecular weight excluding hydrogens is 924 g/mol. The Morgan fingerprint density at radius 3 is 1.62 bits per heavy atom. The van der Waals surface area contributed by atoms with Gasteiger partial charge in [-0.3, -0.25) is 33.8 Å². The van der Waals surface area contributed by atoms with E-state index in [1.54, 1.807) is 31.4 Å². The topological polar surface area (TPSA) is 169 Å². The molecule has 0 spiro atoms. The van der Waals surface area contributed by atoms with E-state index < -0.39 is 34.1 Å². The van der Waals surface area contributed by atoms with Gasteiger partial charge < -0.3 is 30.5 Å². The van der Waals surface area contributed by atoms with Crippen molar-refractivity contribution in [1.29, 1.82) is 0 Å². The minimum atomic E-state index is -1.06. The zero-order valence-corrected chi connectivity index (χ0v) is 39.3. The summed E-state index contributed by atoms with van der Waals surface area (Å²) >= 11 is 0. The van der Waals surface area contributed by atoms with Crippen molar-refractivity contribution in [3.8, 4) is 0 Å². The summed E-state index contributed by atoms with van der Waals surface area (Å²) in [4.78, 5) is 65.1. The number of rotatable bonds is 31. The van der Waals surface area contributed by atoms with Crippen molar-refractivity contribution in [3.63, 3.8) is 0 Å². The molecule has 0 atom stereocenters. The Kier molecular flexibility index (Phi) is 29.8. The number of cyclic esters (lactones) is 1. The largest absolute Gasteiger partial charge is 0.618 e. The third kappa shape index (κ3) is 30.6. The Morgan fingerprint density at radius 2 is 1.17 bits per heavy atom. The van der Waals surface area contributed by atoms with Crippen LogP contribution < -0.4 is 10.6 Å². The van der Waals surface area contributed by atoms with E-state index in [0.29, 0.717) is 38.8 Å². The van der Waals surface area contributed by atoms with Crippen molar-refractivity contribution in [3.05, 3.63) is 6.23 Å². The molecule has 0 aromatic carbocycles. The molecule has 1 fully saturated rings. The van der Waals surface area contributed by atoms with Crippen LogP contribution in [0.5, 0.6) is 0 Å². The van der Waals surface area contributed by atoms with Gasteiger partial charge in [0, 0.05) is 98.7 Å². The fourth-order valence-electron chi connectivity index (χ4n) is 4.98. The molecule has 0 aromatic heterocycles. The molecule has 1 aliphatic rings. The van der Waals surface area contributed by atoms with Gasteiger partial charge in [0.05, 0.1) is 32.7 Å². The first-order valence-corrected chi connectivity index (χ1v) is 30.0. The summed E-state index contributed by atoms with van der Waals surface area (Å²) < 4.78 is 5.41. The minimum Gasteiger partial charge on any atom is -0.618 e. The first kappa shape index (κ1) is 52.4. The third-order valence-electron chi connectivity index (χ3n) is 7.39. The standard InChI is InChI=1S/C32H62N5O8S4Si2.Gd/c1-50(2,3)20-8-16-46-48-18-11-33-27(38)22-35(24-30(40)41)13-7-14-37-26-32(44)45-29(37)10-15-36(25-31(42)43)23-28(39)34-12-19-49-47-17-9-21-51(4,5)6;/h7-26H2,1-6H3,(H,33,38)(H,34,39)(H,40,41)(H,42,43);/q-1;. The van der Waals surface area contributed by atoms with Crippen LogP contribution in [0.1, 0.15) is 25.7 Å². The second-order valence-electron chi connectivity index (χ2n) is 14.9. The zero-order valence-electron chi connectivity index (χ0n) is 31.8. The summed E-state index contributed by atoms with van der Waals surface area (Å²) in [6.07, 6.45) is 3.50. The van der Waals surface area contributed by atoms with Gasteiger partial charge in [0.15, 0.2) is 0 Å². The molecule has 20 heteroatoms. The second-order valence-corrected chi connectivity index (χ2v) is 31.6. The molecule has 52 heavy (non-hydrogen) atoms. The molecule has 1 heterocycles. The van der Waals surface area contributed by atoms with Gasteiger partial charge in [-0.25, -0.2) is 0 Å². The Morgan fingerprint density at radius 1 is 0.731 bits per heavy atom. The Labute approximate surface area is 361 Å². The number of ether oxygens (including phenoxy) is 1. The van der Waals surface area contributed by atoms with Gasteiger partial charge in [-0.2, -0.15) is 0 Å². The number of hydrogen-bond acceptors (Lipinski definition) is 13. The van der Waals surface area contributed by atoms with Crippen LogP contribution in [0.4, 0.5) is 0 Å². The van der Waals surface area contributed by atoms with Crippen LogP contribution in [0.25, 0.3) is 0 Å². The van der Waals surface area contributed by atoms with Gasteiger partial charge in [-0.1, -0.05) is 101 Å². The summed E-state index contributed by atoms with van der Waals surface area (Å²) in [6, 6.07) is 2.61. The minimum absolute atomic E-state index is 0. The van der Waals surface area contributed by atoms with Gasteiger partial charge in [0.25, 0.3) is 5.97 Å². The van der Waals surface area contributed by atoms with E-state index in [-0.39, 0.29) is 97.4 Å². The van der Waals surface area contributed by atoms with Crippen LogP contribution in [0.15, 0.2) is 0 Å². The first-order valence-electron chi connectivity index (χ1n) is 17.7. The third-order valence-corrected chi connectivity index (χ3v) is 16.1. The number of carboxylic acid groups (broad SMARTS) is 2. The molecule has 0 aromatic rings. The van der Waals surface area contributed by atoms with E-state index in [0.717, 1.165) is 23.0 Å². The van der Waals surface area contributed by atoms with Gasteiger partial charge >= 0.3 is 11.9 Å². The number of nitrogens with zero attached hydrogens (tertiary/aromatic N) is 3. The molecule has 4 N–H and O–H groups in total. The number of carbonyl (C=O) groups excluding carboxylic acids is 3. The number of carbonyl (C=O) groups is 5. The van der Waals surface area contributed by atoms with Crippen LogP contribution in [0.3, 0.4) is 0 Å². The van der Waals surface area contributed by atoms with Crippen molar-refractivity contribution >= 4 is 89.0 Å². The monoisotopic (exact) mass is 986 g/mol. The predicted molar refractivity (Wildman–Crippen MR) is 220 cm³/mol. The molecule has 0 unspecified atom stereocenters. The van der Waals surface area contributed by atoms with Gasteiger partial charge in [0.2, 0.25) is 11.8 Å². The summed E-state index contributed by atoms with van der Waals surface area (Å²) in [6.45, 7) is 15.4. The first-order chi connectivity index (χ1) is 23.9. The van der Waals surface area contributed by atoms with Crippen molar-refractivity contribution in [1.82, 2.24) is 25.3 Å². The summed E-state index contributed by atoms with van der Waals surface area (Å²) in [5.41, 5.74) is 0. The Hall–Kier alpha value is 0.388. The smallest absolute Gasteiger partial charge is 0.317 e. The average Bonchev–Trinajstić information content (AvgIpc) is 3.35. The molecule has 1 saturated heterocycles. The maximum atomic E-state index is 12.6. The Bertz CT molecular complexity index is 1080. The second kappa shape index (κ2) is 29.6. The van der Waals surface area contributed by atoms with Crippen molar-refractivity contribution < 1.29 is 78.9 Å². The maximum absolute atomic E-state index is 12.6. The normalized spacial score (nSPS) is 14.0. The quantitative estimate of drug-likeness (QED) is 0.0255. The van der Waals surface area contributed by atoms with Crippen LogP contribution in [0, 0.1) is 46.2 Å². The molecule has 1 aliphatic heterocycles. The molecule has 0 aliphatic carbocycles. The zero-order chi connectivity index (χ0) is 38.3. The number of nitrogens with one attached hydrogen (secondary N) is 2. The van der Waals surface area contributed by atoms with Gasteiger partial charge in [-0.05, 0) is 32.4 Å². The summed E-state index contributed by atoms with van der Waals surface area (Å²) in [5, 5.41) is 24.5. The predicted octanol–water partition coefficient (Wildman–Crippen LogP) is 4.34. The fourth-order valence-corrected chi connectivity index (χ4v) is 12.0. The van der Waals surface area contributed by atoms with Gasteiger partial charge in [0.1, 0.15) is 0 Å². The molecular formula is C32H62GdN5O8S4Si2-. The number of esters is 1. The van der Waals surface area contributed by atoms with E-state index in [9.17, 15) is 34.2 Å². The van der Waals surface area contributed by atoms with Crippen LogP contribution in [0.2, 0.25) is 51.4 Å². The Balaban J connectivity index is 0.0000260. The molecule has 0 radical (unpaired) electrons.